The molecule has 1 fully saturated rings. The van der Waals surface area contributed by atoms with E-state index in [0.717, 1.165) is 0 Å². The summed E-state index contributed by atoms with van der Waals surface area (Å²) in [6.45, 7) is 1.63. The van der Waals surface area contributed by atoms with Crippen molar-refractivity contribution in [1.29, 1.82) is 0 Å². The van der Waals surface area contributed by atoms with Gasteiger partial charge in [-0.05, 0) is 12.1 Å². The van der Waals surface area contributed by atoms with E-state index in [1.165, 1.54) is 7.11 Å². The highest BCUT2D eigenvalue weighted by Crippen LogP contribution is 2.23. The van der Waals surface area contributed by atoms with E-state index in [4.69, 9.17) is 15.2 Å². The number of rotatable bonds is 4. The third-order valence-corrected chi connectivity index (χ3v) is 3.11. The number of hydrogen-bond donors (Lipinski definition) is 3. The lowest BCUT2D eigenvalue weighted by atomic mass is 9.94. The lowest BCUT2D eigenvalue weighted by Gasteiger charge is -2.32. The van der Waals surface area contributed by atoms with Crippen molar-refractivity contribution in [2.75, 3.05) is 37.9 Å². The largest absolute Gasteiger partial charge is 0.479 e. The summed E-state index contributed by atoms with van der Waals surface area (Å²) in [6, 6.07) is 3.49. The van der Waals surface area contributed by atoms with E-state index < -0.39 is 5.60 Å². The minimum atomic E-state index is -0.728. The standard InChI is InChI=1S/C12H19N3O3/c1-17-11-9(13)2-3-10(15-11)14-8-12(16)4-6-18-7-5-12/h2-3,16H,4-8,13H2,1H3,(H,14,15). The van der Waals surface area contributed by atoms with Gasteiger partial charge in [-0.25, -0.2) is 0 Å². The van der Waals surface area contributed by atoms with E-state index in [1.54, 1.807) is 12.1 Å². The molecule has 4 N–H and O–H groups in total. The molecule has 0 unspecified atom stereocenters. The first-order valence-electron chi connectivity index (χ1n) is 5.97. The second-order valence-electron chi connectivity index (χ2n) is 4.49. The van der Waals surface area contributed by atoms with Gasteiger partial charge in [-0.2, -0.15) is 4.98 Å². The van der Waals surface area contributed by atoms with Crippen molar-refractivity contribution in [2.24, 2.45) is 0 Å². The molecule has 1 aromatic rings. The summed E-state index contributed by atoms with van der Waals surface area (Å²) in [5, 5.41) is 13.4. The van der Waals surface area contributed by atoms with Crippen molar-refractivity contribution in [2.45, 2.75) is 18.4 Å². The molecule has 2 heterocycles. The number of anilines is 2. The molecule has 0 aromatic carbocycles. The molecule has 1 aliphatic heterocycles. The molecule has 1 aromatic heterocycles. The van der Waals surface area contributed by atoms with Crippen LogP contribution in [0.3, 0.4) is 0 Å². The molecule has 0 aliphatic carbocycles. The maximum atomic E-state index is 10.3. The van der Waals surface area contributed by atoms with Gasteiger partial charge in [0, 0.05) is 32.6 Å². The number of aromatic nitrogens is 1. The Kier molecular flexibility index (Phi) is 3.88. The third kappa shape index (κ3) is 3.02. The number of nitrogens with one attached hydrogen (secondary N) is 1. The number of aliphatic hydroxyl groups is 1. The van der Waals surface area contributed by atoms with Crippen molar-refractivity contribution in [3.05, 3.63) is 12.1 Å². The lowest BCUT2D eigenvalue weighted by molar-refractivity contribution is -0.0543. The monoisotopic (exact) mass is 253 g/mol. The van der Waals surface area contributed by atoms with Gasteiger partial charge in [0.05, 0.1) is 18.4 Å². The van der Waals surface area contributed by atoms with Crippen LogP contribution in [0.25, 0.3) is 0 Å². The average molecular weight is 253 g/mol. The number of nitrogens with zero attached hydrogens (tertiary/aromatic N) is 1. The van der Waals surface area contributed by atoms with Crippen LogP contribution in [0.4, 0.5) is 11.5 Å². The molecule has 6 heteroatoms. The van der Waals surface area contributed by atoms with Crippen LogP contribution >= 0.6 is 0 Å². The highest BCUT2D eigenvalue weighted by atomic mass is 16.5. The van der Waals surface area contributed by atoms with Crippen LogP contribution in [0.15, 0.2) is 12.1 Å². The SMILES string of the molecule is COc1nc(NCC2(O)CCOCC2)ccc1N. The Balaban J connectivity index is 1.97. The lowest BCUT2D eigenvalue weighted by Crippen LogP contribution is -2.42. The molecular weight excluding hydrogens is 234 g/mol. The average Bonchev–Trinajstić information content (AvgIpc) is 2.39. The van der Waals surface area contributed by atoms with Gasteiger partial charge in [0.2, 0.25) is 5.88 Å². The molecule has 0 spiro atoms. The molecule has 18 heavy (non-hydrogen) atoms. The van der Waals surface area contributed by atoms with E-state index in [0.29, 0.717) is 50.0 Å². The van der Waals surface area contributed by atoms with E-state index in [2.05, 4.69) is 10.3 Å². The first kappa shape index (κ1) is 12.9. The number of ether oxygens (including phenoxy) is 2. The quantitative estimate of drug-likeness (QED) is 0.729. The Hall–Kier alpha value is -1.53. The smallest absolute Gasteiger partial charge is 0.238 e. The fraction of sp³-hybridized carbons (Fsp3) is 0.583. The molecular formula is C12H19N3O3. The van der Waals surface area contributed by atoms with Gasteiger partial charge >= 0.3 is 0 Å². The van der Waals surface area contributed by atoms with Crippen LogP contribution in [0.2, 0.25) is 0 Å². The van der Waals surface area contributed by atoms with Gasteiger partial charge in [-0.3, -0.25) is 0 Å². The third-order valence-electron chi connectivity index (χ3n) is 3.11. The topological polar surface area (TPSA) is 89.6 Å². The number of nitrogen functional groups attached to an aromatic ring is 1. The fourth-order valence-electron chi connectivity index (χ4n) is 1.90. The van der Waals surface area contributed by atoms with Gasteiger partial charge < -0.3 is 25.6 Å². The van der Waals surface area contributed by atoms with Crippen molar-refractivity contribution in [3.63, 3.8) is 0 Å². The zero-order valence-corrected chi connectivity index (χ0v) is 10.5. The van der Waals surface area contributed by atoms with Crippen LogP contribution in [0, 0.1) is 0 Å². The van der Waals surface area contributed by atoms with Crippen molar-refractivity contribution in [3.8, 4) is 5.88 Å². The molecule has 0 atom stereocenters. The summed E-state index contributed by atoms with van der Waals surface area (Å²) in [6.07, 6.45) is 1.26. The molecule has 1 aliphatic rings. The molecule has 0 radical (unpaired) electrons. The minimum Gasteiger partial charge on any atom is -0.479 e. The highest BCUT2D eigenvalue weighted by molar-refractivity contribution is 5.53. The molecule has 0 amide bonds. The van der Waals surface area contributed by atoms with E-state index in [9.17, 15) is 5.11 Å². The molecule has 2 rings (SSSR count). The van der Waals surface area contributed by atoms with E-state index in [-0.39, 0.29) is 0 Å². The van der Waals surface area contributed by atoms with Gasteiger partial charge in [0.25, 0.3) is 0 Å². The summed E-state index contributed by atoms with van der Waals surface area (Å²) in [4.78, 5) is 4.21. The Morgan fingerprint density at radius 1 is 1.50 bits per heavy atom. The molecule has 0 bridgehead atoms. The Labute approximate surface area is 106 Å². The first-order valence-corrected chi connectivity index (χ1v) is 5.97. The zero-order chi connectivity index (χ0) is 13.0. The molecule has 1 saturated heterocycles. The molecule has 0 saturated carbocycles. The normalized spacial score (nSPS) is 18.3. The van der Waals surface area contributed by atoms with Gasteiger partial charge in [-0.15, -0.1) is 0 Å². The summed E-state index contributed by atoms with van der Waals surface area (Å²) in [5.41, 5.74) is 5.45. The Morgan fingerprint density at radius 2 is 2.22 bits per heavy atom. The van der Waals surface area contributed by atoms with Crippen molar-refractivity contribution in [1.82, 2.24) is 4.98 Å². The second-order valence-corrected chi connectivity index (χ2v) is 4.49. The maximum absolute atomic E-state index is 10.3. The second kappa shape index (κ2) is 5.41. The van der Waals surface area contributed by atoms with E-state index in [1.807, 2.05) is 0 Å². The Morgan fingerprint density at radius 3 is 2.89 bits per heavy atom. The predicted molar refractivity (Wildman–Crippen MR) is 68.7 cm³/mol. The van der Waals surface area contributed by atoms with E-state index >= 15 is 0 Å². The highest BCUT2D eigenvalue weighted by Gasteiger charge is 2.29. The van der Waals surface area contributed by atoms with Crippen LogP contribution in [0.5, 0.6) is 5.88 Å². The van der Waals surface area contributed by atoms with Gasteiger partial charge in [0.1, 0.15) is 5.82 Å². The fourth-order valence-corrected chi connectivity index (χ4v) is 1.90. The van der Waals surface area contributed by atoms with Gasteiger partial charge in [-0.1, -0.05) is 0 Å². The molecule has 6 nitrogen and oxygen atoms in total. The number of methoxy groups -OCH3 is 1. The number of nitrogens with two attached hydrogens (primary N) is 1. The zero-order valence-electron chi connectivity index (χ0n) is 10.5. The predicted octanol–water partition coefficient (Wildman–Crippen LogP) is 0.626. The summed E-state index contributed by atoms with van der Waals surface area (Å²) >= 11 is 0. The summed E-state index contributed by atoms with van der Waals surface area (Å²) < 4.78 is 10.3. The maximum Gasteiger partial charge on any atom is 0.238 e. The van der Waals surface area contributed by atoms with Crippen LogP contribution in [-0.4, -0.2) is 42.6 Å². The Bertz CT molecular complexity index is 406. The van der Waals surface area contributed by atoms with Crippen molar-refractivity contribution < 1.29 is 14.6 Å². The molecule has 100 valence electrons. The van der Waals surface area contributed by atoms with Crippen LogP contribution < -0.4 is 15.8 Å². The van der Waals surface area contributed by atoms with Crippen molar-refractivity contribution >= 4 is 11.5 Å². The summed E-state index contributed by atoms with van der Waals surface area (Å²) in [7, 11) is 1.52. The summed E-state index contributed by atoms with van der Waals surface area (Å²) in [5.74, 6) is 1.03. The number of pyridine rings is 1. The number of hydrogen-bond acceptors (Lipinski definition) is 6. The van der Waals surface area contributed by atoms with Gasteiger partial charge in [0.15, 0.2) is 0 Å². The first-order chi connectivity index (χ1) is 8.63. The minimum absolute atomic E-state index is 0.388. The van der Waals surface area contributed by atoms with Crippen LogP contribution in [-0.2, 0) is 4.74 Å². The van der Waals surface area contributed by atoms with Crippen LogP contribution in [0.1, 0.15) is 12.8 Å².